The lowest BCUT2D eigenvalue weighted by atomic mass is 10.0. The molecule has 1 unspecified atom stereocenters. The molecular weight excluding hydrogens is 348 g/mol. The molecule has 3 aliphatic rings. The first kappa shape index (κ1) is 18.3. The van der Waals surface area contributed by atoms with Crippen LogP contribution in [0.25, 0.3) is 0 Å². The fourth-order valence-corrected chi connectivity index (χ4v) is 3.74. The van der Waals surface area contributed by atoms with Crippen LogP contribution in [0.1, 0.15) is 24.8 Å². The van der Waals surface area contributed by atoms with Gasteiger partial charge in [0.05, 0.1) is 26.3 Å². The summed E-state index contributed by atoms with van der Waals surface area (Å²) in [6, 6.07) is 0. The van der Waals surface area contributed by atoms with Gasteiger partial charge in [-0.25, -0.2) is 9.97 Å². The minimum Gasteiger partial charge on any atom is -0.376 e. The maximum absolute atomic E-state index is 12.8. The van der Waals surface area contributed by atoms with E-state index in [-0.39, 0.29) is 18.4 Å². The second kappa shape index (κ2) is 7.90. The predicted molar refractivity (Wildman–Crippen MR) is 95.7 cm³/mol. The number of aromatic nitrogens is 2. The zero-order valence-corrected chi connectivity index (χ0v) is 15.5. The van der Waals surface area contributed by atoms with Gasteiger partial charge >= 0.3 is 0 Å². The molecule has 27 heavy (non-hydrogen) atoms. The van der Waals surface area contributed by atoms with Crippen molar-refractivity contribution in [3.63, 3.8) is 0 Å². The number of amides is 2. The predicted octanol–water partition coefficient (Wildman–Crippen LogP) is 0.276. The Morgan fingerprint density at radius 1 is 1.26 bits per heavy atom. The average Bonchev–Trinajstić information content (AvgIpc) is 3.51. The molecular formula is C19H26N4O4. The van der Waals surface area contributed by atoms with Gasteiger partial charge in [0.15, 0.2) is 0 Å². The van der Waals surface area contributed by atoms with Crippen LogP contribution < -0.4 is 0 Å². The smallest absolute Gasteiger partial charge is 0.248 e. The Balaban J connectivity index is 1.39. The van der Waals surface area contributed by atoms with Crippen LogP contribution >= 0.6 is 0 Å². The number of carbonyl (C=O) groups is 2. The number of ether oxygens (including phenoxy) is 2. The quantitative estimate of drug-likeness (QED) is 0.736. The number of hydrogen-bond donors (Lipinski definition) is 0. The third-order valence-electron chi connectivity index (χ3n) is 5.45. The van der Waals surface area contributed by atoms with Gasteiger partial charge in [-0.1, -0.05) is 0 Å². The molecule has 1 aromatic heterocycles. The molecule has 2 saturated heterocycles. The van der Waals surface area contributed by atoms with E-state index in [1.807, 2.05) is 9.80 Å². The highest BCUT2D eigenvalue weighted by Gasteiger charge is 2.44. The summed E-state index contributed by atoms with van der Waals surface area (Å²) in [7, 11) is 0. The monoisotopic (exact) mass is 374 g/mol. The molecule has 2 aliphatic heterocycles. The van der Waals surface area contributed by atoms with Crippen molar-refractivity contribution >= 4 is 11.8 Å². The van der Waals surface area contributed by atoms with Gasteiger partial charge in [-0.3, -0.25) is 9.59 Å². The van der Waals surface area contributed by atoms with Crippen LogP contribution in [-0.4, -0.2) is 83.2 Å². The number of rotatable bonds is 5. The summed E-state index contributed by atoms with van der Waals surface area (Å²) in [4.78, 5) is 36.7. The van der Waals surface area contributed by atoms with Crippen molar-refractivity contribution in [1.82, 2.24) is 19.8 Å². The lowest BCUT2D eigenvalue weighted by Gasteiger charge is -2.43. The summed E-state index contributed by atoms with van der Waals surface area (Å²) in [6.07, 6.45) is 8.35. The Labute approximate surface area is 158 Å². The molecule has 1 atom stereocenters. The molecule has 0 radical (unpaired) electrons. The minimum absolute atomic E-state index is 0.0405. The van der Waals surface area contributed by atoms with Gasteiger partial charge in [-0.2, -0.15) is 0 Å². The molecule has 3 heterocycles. The summed E-state index contributed by atoms with van der Waals surface area (Å²) in [6.45, 7) is 3.28. The Kier molecular flexibility index (Phi) is 5.36. The van der Waals surface area contributed by atoms with E-state index < -0.39 is 5.60 Å². The topological polar surface area (TPSA) is 84.9 Å². The molecule has 1 spiro atoms. The molecule has 4 rings (SSSR count). The number of nitrogens with zero attached hydrogens (tertiary/aromatic N) is 4. The van der Waals surface area contributed by atoms with Gasteiger partial charge in [-0.15, -0.1) is 0 Å². The van der Waals surface area contributed by atoms with Gasteiger partial charge in [0.1, 0.15) is 18.5 Å². The van der Waals surface area contributed by atoms with Crippen molar-refractivity contribution in [2.45, 2.75) is 31.3 Å². The second-order valence-electron chi connectivity index (χ2n) is 7.80. The van der Waals surface area contributed by atoms with Crippen molar-refractivity contribution in [2.75, 3.05) is 46.0 Å². The zero-order chi connectivity index (χ0) is 18.7. The summed E-state index contributed by atoms with van der Waals surface area (Å²) in [5.41, 5.74) is 0.326. The van der Waals surface area contributed by atoms with Crippen molar-refractivity contribution in [2.24, 2.45) is 5.92 Å². The van der Waals surface area contributed by atoms with Gasteiger partial charge in [0.2, 0.25) is 11.8 Å². The second-order valence-corrected chi connectivity index (χ2v) is 7.80. The zero-order valence-electron chi connectivity index (χ0n) is 15.5. The first-order valence-corrected chi connectivity index (χ1v) is 9.65. The minimum atomic E-state index is -0.620. The van der Waals surface area contributed by atoms with Crippen molar-refractivity contribution in [3.05, 3.63) is 24.3 Å². The molecule has 146 valence electrons. The maximum Gasteiger partial charge on any atom is 0.248 e. The van der Waals surface area contributed by atoms with Gasteiger partial charge in [0, 0.05) is 31.9 Å². The summed E-state index contributed by atoms with van der Waals surface area (Å²) in [5.74, 6) is 0.735. The highest BCUT2D eigenvalue weighted by atomic mass is 16.6. The van der Waals surface area contributed by atoms with Crippen LogP contribution in [0.4, 0.5) is 0 Å². The van der Waals surface area contributed by atoms with Crippen LogP contribution in [0.15, 0.2) is 18.7 Å². The van der Waals surface area contributed by atoms with Crippen LogP contribution in [0.5, 0.6) is 0 Å². The van der Waals surface area contributed by atoms with Gasteiger partial charge in [-0.05, 0) is 30.7 Å². The summed E-state index contributed by atoms with van der Waals surface area (Å²) >= 11 is 0. The molecule has 0 aromatic carbocycles. The van der Waals surface area contributed by atoms with E-state index in [4.69, 9.17) is 9.47 Å². The lowest BCUT2D eigenvalue weighted by molar-refractivity contribution is -0.174. The first-order chi connectivity index (χ1) is 13.1. The highest BCUT2D eigenvalue weighted by Crippen LogP contribution is 2.32. The average molecular weight is 374 g/mol. The van der Waals surface area contributed by atoms with Gasteiger partial charge < -0.3 is 19.3 Å². The summed E-state index contributed by atoms with van der Waals surface area (Å²) in [5, 5.41) is 0. The van der Waals surface area contributed by atoms with E-state index in [1.54, 1.807) is 12.4 Å². The van der Waals surface area contributed by atoms with Crippen molar-refractivity contribution < 1.29 is 19.1 Å². The molecule has 3 fully saturated rings. The standard InChI is InChI=1S/C19H26N4O4/c24-17(4-3-16-7-20-14-21-8-16)22-5-6-26-13-19(11-22)12-23(9-15-1-2-15)18(25)10-27-19/h7-8,14-15H,1-6,9-13H2. The Bertz CT molecular complexity index is 682. The third kappa shape index (κ3) is 4.62. The maximum atomic E-state index is 12.8. The van der Waals surface area contributed by atoms with E-state index in [9.17, 15) is 9.59 Å². The van der Waals surface area contributed by atoms with Crippen LogP contribution in [0.2, 0.25) is 0 Å². The van der Waals surface area contributed by atoms with Crippen molar-refractivity contribution in [3.8, 4) is 0 Å². The van der Waals surface area contributed by atoms with E-state index in [2.05, 4.69) is 9.97 Å². The Hall–Kier alpha value is -2.06. The number of aryl methyl sites for hydroxylation is 1. The number of carbonyl (C=O) groups excluding carboxylic acids is 2. The van der Waals surface area contributed by atoms with E-state index in [1.165, 1.54) is 19.2 Å². The van der Waals surface area contributed by atoms with E-state index >= 15 is 0 Å². The fourth-order valence-electron chi connectivity index (χ4n) is 3.74. The fraction of sp³-hybridized carbons (Fsp3) is 0.684. The normalized spacial score (nSPS) is 26.3. The molecule has 1 aliphatic carbocycles. The molecule has 8 nitrogen and oxygen atoms in total. The first-order valence-electron chi connectivity index (χ1n) is 9.65. The Morgan fingerprint density at radius 2 is 2.07 bits per heavy atom. The van der Waals surface area contributed by atoms with Crippen molar-refractivity contribution in [1.29, 1.82) is 0 Å². The van der Waals surface area contributed by atoms with Crippen LogP contribution in [0, 0.1) is 5.92 Å². The molecule has 0 bridgehead atoms. The van der Waals surface area contributed by atoms with E-state index in [0.717, 1.165) is 12.1 Å². The largest absolute Gasteiger partial charge is 0.376 e. The Morgan fingerprint density at radius 3 is 2.85 bits per heavy atom. The molecule has 8 heteroatoms. The van der Waals surface area contributed by atoms with Crippen LogP contribution in [-0.2, 0) is 25.5 Å². The SMILES string of the molecule is O=C(CCc1cncnc1)N1CCOCC2(C1)CN(CC1CC1)C(=O)CO2. The van der Waals surface area contributed by atoms with E-state index in [0.29, 0.717) is 51.6 Å². The third-order valence-corrected chi connectivity index (χ3v) is 5.45. The lowest BCUT2D eigenvalue weighted by Crippen LogP contribution is -2.61. The molecule has 0 N–H and O–H groups in total. The molecule has 1 saturated carbocycles. The summed E-state index contributed by atoms with van der Waals surface area (Å²) < 4.78 is 11.7. The van der Waals surface area contributed by atoms with Gasteiger partial charge in [0.25, 0.3) is 0 Å². The number of hydrogen-bond acceptors (Lipinski definition) is 6. The highest BCUT2D eigenvalue weighted by molar-refractivity contribution is 5.79. The number of morpholine rings is 1. The molecule has 2 amide bonds. The molecule has 1 aromatic rings. The van der Waals surface area contributed by atoms with Crippen LogP contribution in [0.3, 0.4) is 0 Å².